The molecule has 0 aromatic heterocycles. The van der Waals surface area contributed by atoms with E-state index in [0.29, 0.717) is 0 Å². The number of benzene rings is 1. The van der Waals surface area contributed by atoms with E-state index in [1.165, 1.54) is 0 Å². The van der Waals surface area contributed by atoms with E-state index in [9.17, 15) is 5.11 Å². The average Bonchev–Trinajstić information content (AvgIpc) is 2.37. The Balaban J connectivity index is 3.35. The van der Waals surface area contributed by atoms with Gasteiger partial charge in [0.15, 0.2) is 0 Å². The lowest BCUT2D eigenvalue weighted by Gasteiger charge is -2.27. The third-order valence-corrected chi connectivity index (χ3v) is 3.58. The molecule has 2 atom stereocenters. The molecule has 0 bridgehead atoms. The van der Waals surface area contributed by atoms with Crippen LogP contribution in [-0.2, 0) is 0 Å². The first-order valence-corrected chi connectivity index (χ1v) is 6.18. The van der Waals surface area contributed by atoms with Gasteiger partial charge in [0.05, 0.1) is 19.3 Å². The van der Waals surface area contributed by atoms with Crippen molar-refractivity contribution >= 4 is 0 Å². The summed E-state index contributed by atoms with van der Waals surface area (Å²) in [7, 11) is 3.51. The molecule has 0 radical (unpaired) electrons. The fourth-order valence-corrected chi connectivity index (χ4v) is 2.42. The number of aryl methyl sites for hydroxylation is 1. The van der Waals surface area contributed by atoms with Crippen molar-refractivity contribution in [3.63, 3.8) is 0 Å². The Labute approximate surface area is 109 Å². The normalized spacial score (nSPS) is 14.4. The number of aliphatic hydroxyl groups is 1. The quantitative estimate of drug-likeness (QED) is 0.736. The predicted molar refractivity (Wildman–Crippen MR) is 74.1 cm³/mol. The largest absolute Gasteiger partial charge is 0.496 e. The smallest absolute Gasteiger partial charge is 0.122 e. The minimum absolute atomic E-state index is 0.153. The standard InChI is InChI=1S/C14H24N2O2/c1-8-6-12(18-5)9(2)10(3)13(8)14(16-4)11(17)7-15/h6,11,14,16-17H,7,15H2,1-5H3. The molecule has 102 valence electrons. The molecule has 0 heterocycles. The summed E-state index contributed by atoms with van der Waals surface area (Å²) in [6, 6.07) is 1.85. The van der Waals surface area contributed by atoms with E-state index in [-0.39, 0.29) is 12.6 Å². The van der Waals surface area contributed by atoms with Gasteiger partial charge in [-0.2, -0.15) is 0 Å². The zero-order chi connectivity index (χ0) is 13.9. The predicted octanol–water partition coefficient (Wildman–Crippen LogP) is 1.20. The van der Waals surface area contributed by atoms with Crippen molar-refractivity contribution < 1.29 is 9.84 Å². The molecule has 0 amide bonds. The number of nitrogens with one attached hydrogen (secondary N) is 1. The van der Waals surface area contributed by atoms with Gasteiger partial charge in [-0.15, -0.1) is 0 Å². The second-order valence-corrected chi connectivity index (χ2v) is 4.63. The van der Waals surface area contributed by atoms with E-state index < -0.39 is 6.10 Å². The number of rotatable bonds is 5. The van der Waals surface area contributed by atoms with Crippen molar-refractivity contribution in [2.24, 2.45) is 5.73 Å². The second kappa shape index (κ2) is 6.18. The fourth-order valence-electron chi connectivity index (χ4n) is 2.42. The Bertz CT molecular complexity index is 419. The molecule has 1 aromatic carbocycles. The Morgan fingerprint density at radius 2 is 1.94 bits per heavy atom. The summed E-state index contributed by atoms with van der Waals surface area (Å²) in [5, 5.41) is 13.2. The van der Waals surface area contributed by atoms with Gasteiger partial charge in [-0.25, -0.2) is 0 Å². The highest BCUT2D eigenvalue weighted by molar-refractivity contribution is 5.49. The molecular formula is C14H24N2O2. The highest BCUT2D eigenvalue weighted by Crippen LogP contribution is 2.32. The summed E-state index contributed by atoms with van der Waals surface area (Å²) in [5.74, 6) is 0.880. The zero-order valence-corrected chi connectivity index (χ0v) is 11.9. The van der Waals surface area contributed by atoms with Crippen molar-refractivity contribution in [3.05, 3.63) is 28.3 Å². The molecule has 0 saturated heterocycles. The minimum atomic E-state index is -0.597. The highest BCUT2D eigenvalue weighted by Gasteiger charge is 2.23. The monoisotopic (exact) mass is 252 g/mol. The van der Waals surface area contributed by atoms with Gasteiger partial charge in [0, 0.05) is 6.54 Å². The molecule has 4 nitrogen and oxygen atoms in total. The number of likely N-dealkylation sites (N-methyl/N-ethyl adjacent to an activating group) is 1. The second-order valence-electron chi connectivity index (χ2n) is 4.63. The van der Waals surface area contributed by atoms with E-state index in [1.54, 1.807) is 7.11 Å². The maximum Gasteiger partial charge on any atom is 0.122 e. The van der Waals surface area contributed by atoms with E-state index in [2.05, 4.69) is 5.32 Å². The summed E-state index contributed by atoms with van der Waals surface area (Å²) >= 11 is 0. The Morgan fingerprint density at radius 1 is 1.33 bits per heavy atom. The van der Waals surface area contributed by atoms with Gasteiger partial charge in [-0.3, -0.25) is 0 Å². The number of hydrogen-bond acceptors (Lipinski definition) is 4. The molecule has 0 spiro atoms. The molecule has 0 fully saturated rings. The molecule has 4 N–H and O–H groups in total. The van der Waals surface area contributed by atoms with E-state index in [1.807, 2.05) is 33.9 Å². The van der Waals surface area contributed by atoms with Crippen LogP contribution < -0.4 is 15.8 Å². The van der Waals surface area contributed by atoms with Crippen LogP contribution in [0.2, 0.25) is 0 Å². The van der Waals surface area contributed by atoms with Crippen molar-refractivity contribution in [3.8, 4) is 5.75 Å². The summed E-state index contributed by atoms with van der Waals surface area (Å²) in [5.41, 5.74) is 10.0. The molecule has 0 aliphatic carbocycles. The highest BCUT2D eigenvalue weighted by atomic mass is 16.5. The molecule has 1 aromatic rings. The summed E-state index contributed by atoms with van der Waals surface area (Å²) in [4.78, 5) is 0. The SMILES string of the molecule is CNC(c1c(C)cc(OC)c(C)c1C)C(O)CN. The molecule has 0 aliphatic rings. The van der Waals surface area contributed by atoms with E-state index in [0.717, 1.165) is 28.0 Å². The van der Waals surface area contributed by atoms with E-state index in [4.69, 9.17) is 10.5 Å². The van der Waals surface area contributed by atoms with Crippen LogP contribution in [0, 0.1) is 20.8 Å². The molecule has 18 heavy (non-hydrogen) atoms. The lowest BCUT2D eigenvalue weighted by Crippen LogP contribution is -2.36. The number of aliphatic hydroxyl groups excluding tert-OH is 1. The van der Waals surface area contributed by atoms with Gasteiger partial charge in [-0.1, -0.05) is 0 Å². The van der Waals surface area contributed by atoms with Crippen LogP contribution in [0.3, 0.4) is 0 Å². The Hall–Kier alpha value is -1.10. The Kier molecular flexibility index (Phi) is 5.14. The van der Waals surface area contributed by atoms with Gasteiger partial charge < -0.3 is 20.9 Å². The summed E-state index contributed by atoms with van der Waals surface area (Å²) < 4.78 is 5.35. The molecule has 0 saturated carbocycles. The topological polar surface area (TPSA) is 67.5 Å². The van der Waals surface area contributed by atoms with Crippen molar-refractivity contribution in [1.29, 1.82) is 0 Å². The van der Waals surface area contributed by atoms with Crippen molar-refractivity contribution in [1.82, 2.24) is 5.32 Å². The summed E-state index contributed by atoms with van der Waals surface area (Å²) in [6.45, 7) is 6.33. The first kappa shape index (κ1) is 15.0. The van der Waals surface area contributed by atoms with Crippen LogP contribution in [0.5, 0.6) is 5.75 Å². The van der Waals surface area contributed by atoms with Crippen LogP contribution >= 0.6 is 0 Å². The number of hydrogen-bond donors (Lipinski definition) is 3. The van der Waals surface area contributed by atoms with Gasteiger partial charge in [0.1, 0.15) is 5.75 Å². The lowest BCUT2D eigenvalue weighted by molar-refractivity contribution is 0.138. The fraction of sp³-hybridized carbons (Fsp3) is 0.571. The number of nitrogens with two attached hydrogens (primary N) is 1. The van der Waals surface area contributed by atoms with Crippen LogP contribution in [0.4, 0.5) is 0 Å². The number of ether oxygens (including phenoxy) is 1. The van der Waals surface area contributed by atoms with Crippen LogP contribution in [0.1, 0.15) is 28.3 Å². The van der Waals surface area contributed by atoms with Gasteiger partial charge >= 0.3 is 0 Å². The molecule has 2 unspecified atom stereocenters. The molecular weight excluding hydrogens is 228 g/mol. The van der Waals surface area contributed by atoms with Gasteiger partial charge in [0.25, 0.3) is 0 Å². The van der Waals surface area contributed by atoms with Crippen LogP contribution in [-0.4, -0.2) is 31.9 Å². The molecule has 0 aliphatic heterocycles. The first-order valence-electron chi connectivity index (χ1n) is 6.18. The summed E-state index contributed by atoms with van der Waals surface area (Å²) in [6.07, 6.45) is -0.597. The van der Waals surface area contributed by atoms with Crippen molar-refractivity contribution in [2.75, 3.05) is 20.7 Å². The first-order chi connectivity index (χ1) is 8.47. The minimum Gasteiger partial charge on any atom is -0.496 e. The third kappa shape index (κ3) is 2.66. The Morgan fingerprint density at radius 3 is 2.39 bits per heavy atom. The van der Waals surface area contributed by atoms with E-state index >= 15 is 0 Å². The average molecular weight is 252 g/mol. The van der Waals surface area contributed by atoms with Crippen LogP contribution in [0.25, 0.3) is 0 Å². The maximum atomic E-state index is 10.0. The van der Waals surface area contributed by atoms with Gasteiger partial charge in [-0.05, 0) is 56.1 Å². The third-order valence-electron chi connectivity index (χ3n) is 3.58. The van der Waals surface area contributed by atoms with Gasteiger partial charge in [0.2, 0.25) is 0 Å². The lowest BCUT2D eigenvalue weighted by atomic mass is 9.89. The molecule has 1 rings (SSSR count). The zero-order valence-electron chi connectivity index (χ0n) is 11.9. The maximum absolute atomic E-state index is 10.0. The van der Waals surface area contributed by atoms with Crippen LogP contribution in [0.15, 0.2) is 6.07 Å². The number of methoxy groups -OCH3 is 1. The van der Waals surface area contributed by atoms with Crippen molar-refractivity contribution in [2.45, 2.75) is 32.9 Å². The molecule has 4 heteroatoms.